The molecule has 1 aromatic carbocycles. The van der Waals surface area contributed by atoms with Gasteiger partial charge >= 0.3 is 0 Å². The zero-order valence-electron chi connectivity index (χ0n) is 14.1. The Balaban J connectivity index is 1.83. The average Bonchev–Trinajstić information content (AvgIpc) is 2.90. The van der Waals surface area contributed by atoms with Crippen LogP contribution in [0, 0.1) is 5.41 Å². The zero-order valence-corrected chi connectivity index (χ0v) is 14.1. The number of nitrogens with one attached hydrogen (secondary N) is 1. The summed E-state index contributed by atoms with van der Waals surface area (Å²) in [5.74, 6) is 0.699. The van der Waals surface area contributed by atoms with Crippen LogP contribution < -0.4 is 20.8 Å². The lowest BCUT2D eigenvalue weighted by Gasteiger charge is -2.13. The number of ether oxygens (including phenoxy) is 1. The van der Waals surface area contributed by atoms with E-state index in [0.29, 0.717) is 35.1 Å². The van der Waals surface area contributed by atoms with Crippen LogP contribution >= 0.6 is 0 Å². The van der Waals surface area contributed by atoms with Crippen LogP contribution in [0.4, 0.5) is 17.1 Å². The third-order valence-electron chi connectivity index (χ3n) is 3.77. The standard InChI is InChI=1S/C17H20N7O/c1-23-5-3-4-11(9-23)10-24-17(20)15(8-21-24)22-14-7-16(25-2)13(19)6-12(14)18/h3-9,20H,10,18-19H2,1-2H3/q+1. The first-order valence-electron chi connectivity index (χ1n) is 7.64. The molecule has 25 heavy (non-hydrogen) atoms. The van der Waals surface area contributed by atoms with E-state index in [2.05, 4.69) is 10.1 Å². The molecule has 2 aromatic rings. The molecule has 0 aliphatic carbocycles. The highest BCUT2D eigenvalue weighted by Crippen LogP contribution is 2.33. The Kier molecular flexibility index (Phi) is 4.34. The summed E-state index contributed by atoms with van der Waals surface area (Å²) in [7, 11) is 3.48. The molecule has 0 bridgehead atoms. The van der Waals surface area contributed by atoms with E-state index >= 15 is 0 Å². The molecule has 0 atom stereocenters. The number of hydrogen-bond acceptors (Lipinski definition) is 6. The summed E-state index contributed by atoms with van der Waals surface area (Å²) in [4.78, 5) is 4.43. The van der Waals surface area contributed by atoms with Gasteiger partial charge in [-0.15, -0.1) is 0 Å². The van der Waals surface area contributed by atoms with Crippen LogP contribution in [-0.2, 0) is 13.6 Å². The summed E-state index contributed by atoms with van der Waals surface area (Å²) in [5, 5.41) is 14.1. The number of aromatic nitrogens is 1. The Labute approximate surface area is 145 Å². The summed E-state index contributed by atoms with van der Waals surface area (Å²) in [6.45, 7) is 0.490. The molecule has 1 aromatic heterocycles. The highest BCUT2D eigenvalue weighted by Gasteiger charge is 2.21. The first-order chi connectivity index (χ1) is 12.0. The van der Waals surface area contributed by atoms with E-state index in [1.165, 1.54) is 7.11 Å². The largest absolute Gasteiger partial charge is 0.495 e. The Morgan fingerprint density at radius 3 is 2.84 bits per heavy atom. The number of nitrogens with zero attached hydrogens (tertiary/aromatic N) is 4. The van der Waals surface area contributed by atoms with Crippen LogP contribution in [0.5, 0.6) is 5.75 Å². The molecule has 0 saturated carbocycles. The smallest absolute Gasteiger partial charge is 0.173 e. The maximum atomic E-state index is 8.29. The highest BCUT2D eigenvalue weighted by atomic mass is 16.5. The molecule has 0 fully saturated rings. The molecule has 128 valence electrons. The van der Waals surface area contributed by atoms with Crippen LogP contribution in [0.3, 0.4) is 0 Å². The Hall–Kier alpha value is -3.42. The maximum absolute atomic E-state index is 8.29. The minimum atomic E-state index is 0.210. The van der Waals surface area contributed by atoms with Gasteiger partial charge < -0.3 is 16.2 Å². The molecule has 2 heterocycles. The second kappa shape index (κ2) is 6.60. The fraction of sp³-hybridized carbons (Fsp3) is 0.176. The van der Waals surface area contributed by atoms with Gasteiger partial charge in [-0.2, -0.15) is 5.10 Å². The Bertz CT molecular complexity index is 889. The van der Waals surface area contributed by atoms with Crippen molar-refractivity contribution in [2.24, 2.45) is 17.1 Å². The van der Waals surface area contributed by atoms with Crippen molar-refractivity contribution in [1.29, 1.82) is 5.41 Å². The molecular weight excluding hydrogens is 318 g/mol. The first kappa shape index (κ1) is 16.4. The highest BCUT2D eigenvalue weighted by molar-refractivity contribution is 6.63. The molecule has 1 aliphatic heterocycles. The van der Waals surface area contributed by atoms with Gasteiger partial charge in [-0.1, -0.05) is 0 Å². The zero-order chi connectivity index (χ0) is 18.0. The second-order valence-corrected chi connectivity index (χ2v) is 5.68. The van der Waals surface area contributed by atoms with Gasteiger partial charge in [0, 0.05) is 17.7 Å². The molecular formula is C17H20N7O+. The van der Waals surface area contributed by atoms with Crippen molar-refractivity contribution in [2.75, 3.05) is 18.6 Å². The van der Waals surface area contributed by atoms with Crippen molar-refractivity contribution in [3.05, 3.63) is 42.2 Å². The van der Waals surface area contributed by atoms with Crippen molar-refractivity contribution in [3.63, 3.8) is 0 Å². The molecule has 8 heteroatoms. The SMILES string of the molecule is COc1cc(N=C2C=NN(Cc3ccc[n+](C)c3)C2=N)c(N)cc1N. The van der Waals surface area contributed by atoms with Crippen LogP contribution in [0.1, 0.15) is 5.56 Å². The number of pyridine rings is 1. The summed E-state index contributed by atoms with van der Waals surface area (Å²) >= 11 is 0. The fourth-order valence-electron chi connectivity index (χ4n) is 2.50. The normalized spacial score (nSPS) is 15.2. The van der Waals surface area contributed by atoms with Crippen LogP contribution in [0.15, 0.2) is 46.8 Å². The number of rotatable bonds is 4. The van der Waals surface area contributed by atoms with E-state index in [1.807, 2.05) is 36.1 Å². The van der Waals surface area contributed by atoms with Gasteiger partial charge in [0.15, 0.2) is 18.2 Å². The van der Waals surface area contributed by atoms with Gasteiger partial charge in [0.05, 0.1) is 36.9 Å². The molecule has 0 spiro atoms. The van der Waals surface area contributed by atoms with Gasteiger partial charge in [-0.05, 0) is 12.1 Å². The summed E-state index contributed by atoms with van der Waals surface area (Å²) in [5.41, 5.74) is 14.6. The molecule has 1 aliphatic rings. The second-order valence-electron chi connectivity index (χ2n) is 5.68. The van der Waals surface area contributed by atoms with Crippen LogP contribution in [-0.4, -0.2) is 29.9 Å². The summed E-state index contributed by atoms with van der Waals surface area (Å²) < 4.78 is 7.15. The van der Waals surface area contributed by atoms with Gasteiger partial charge in [0.25, 0.3) is 0 Å². The minimum absolute atomic E-state index is 0.210. The molecule has 0 unspecified atom stereocenters. The number of nitrogens with two attached hydrogens (primary N) is 2. The number of amidine groups is 1. The van der Waals surface area contributed by atoms with Gasteiger partial charge in [0.2, 0.25) is 0 Å². The van der Waals surface area contributed by atoms with E-state index in [4.69, 9.17) is 21.6 Å². The summed E-state index contributed by atoms with van der Waals surface area (Å²) in [6.07, 6.45) is 5.49. The quantitative estimate of drug-likeness (QED) is 0.574. The van der Waals surface area contributed by atoms with Crippen molar-refractivity contribution < 1.29 is 9.30 Å². The number of aliphatic imine (C=N–C) groups is 1. The molecule has 8 nitrogen and oxygen atoms in total. The van der Waals surface area contributed by atoms with E-state index in [1.54, 1.807) is 23.4 Å². The molecule has 0 amide bonds. The lowest BCUT2D eigenvalue weighted by atomic mass is 10.2. The predicted molar refractivity (Wildman–Crippen MR) is 98.3 cm³/mol. The number of nitrogen functional groups attached to an aromatic ring is 2. The third kappa shape index (κ3) is 3.42. The Morgan fingerprint density at radius 2 is 2.12 bits per heavy atom. The van der Waals surface area contributed by atoms with Crippen molar-refractivity contribution in [1.82, 2.24) is 5.01 Å². The van der Waals surface area contributed by atoms with E-state index in [-0.39, 0.29) is 5.84 Å². The first-order valence-corrected chi connectivity index (χ1v) is 7.64. The lowest BCUT2D eigenvalue weighted by Crippen LogP contribution is -2.30. The topological polar surface area (TPSA) is 117 Å². The third-order valence-corrected chi connectivity index (χ3v) is 3.77. The average molecular weight is 338 g/mol. The van der Waals surface area contributed by atoms with Crippen LogP contribution in [0.25, 0.3) is 0 Å². The van der Waals surface area contributed by atoms with Gasteiger partial charge in [-0.3, -0.25) is 5.41 Å². The van der Waals surface area contributed by atoms with Crippen LogP contribution in [0.2, 0.25) is 0 Å². The lowest BCUT2D eigenvalue weighted by molar-refractivity contribution is -0.672. The number of hydrazone groups is 1. The Morgan fingerprint density at radius 1 is 1.32 bits per heavy atom. The van der Waals surface area contributed by atoms with E-state index in [0.717, 1.165) is 5.56 Å². The van der Waals surface area contributed by atoms with Crippen molar-refractivity contribution in [3.8, 4) is 5.75 Å². The van der Waals surface area contributed by atoms with E-state index < -0.39 is 0 Å². The van der Waals surface area contributed by atoms with Crippen molar-refractivity contribution in [2.45, 2.75) is 6.54 Å². The van der Waals surface area contributed by atoms with Gasteiger partial charge in [0.1, 0.15) is 18.5 Å². The molecule has 3 rings (SSSR count). The number of benzene rings is 1. The summed E-state index contributed by atoms with van der Waals surface area (Å²) in [6, 6.07) is 7.18. The monoisotopic (exact) mass is 338 g/mol. The fourth-order valence-corrected chi connectivity index (χ4v) is 2.50. The molecule has 5 N–H and O–H groups in total. The number of aryl methyl sites for hydroxylation is 1. The maximum Gasteiger partial charge on any atom is 0.173 e. The van der Waals surface area contributed by atoms with Gasteiger partial charge in [-0.25, -0.2) is 14.6 Å². The molecule has 0 saturated heterocycles. The number of hydrogen-bond donors (Lipinski definition) is 3. The number of anilines is 2. The predicted octanol–water partition coefficient (Wildman–Crippen LogP) is 1.24. The van der Waals surface area contributed by atoms with Crippen molar-refractivity contribution >= 4 is 34.8 Å². The number of methoxy groups -OCH3 is 1. The van der Waals surface area contributed by atoms with E-state index in [9.17, 15) is 0 Å². The molecule has 0 radical (unpaired) electrons. The minimum Gasteiger partial charge on any atom is -0.495 e.